The third kappa shape index (κ3) is 3.50. The highest BCUT2D eigenvalue weighted by atomic mass is 16.2. The molecule has 3 aromatic carbocycles. The van der Waals surface area contributed by atoms with Gasteiger partial charge in [0.1, 0.15) is 6.04 Å². The van der Waals surface area contributed by atoms with E-state index in [0.29, 0.717) is 6.54 Å². The molecule has 1 aliphatic heterocycles. The van der Waals surface area contributed by atoms with Gasteiger partial charge in [0.15, 0.2) is 0 Å². The number of H-pyrrole nitrogens is 1. The average Bonchev–Trinajstić information content (AvgIpc) is 3.41. The van der Waals surface area contributed by atoms with Crippen molar-refractivity contribution in [2.45, 2.75) is 24.9 Å². The van der Waals surface area contributed by atoms with Gasteiger partial charge >= 0.3 is 0 Å². The first-order chi connectivity index (χ1) is 14.3. The van der Waals surface area contributed by atoms with E-state index in [0.717, 1.165) is 18.4 Å². The van der Waals surface area contributed by atoms with Gasteiger partial charge in [-0.05, 0) is 40.8 Å². The Morgan fingerprint density at radius 2 is 1.72 bits per heavy atom. The molecule has 29 heavy (non-hydrogen) atoms. The number of hydrogen-bond donors (Lipinski definition) is 4. The minimum Gasteiger partial charge on any atom is -0.361 e. The van der Waals surface area contributed by atoms with E-state index in [1.54, 1.807) is 0 Å². The summed E-state index contributed by atoms with van der Waals surface area (Å²) in [5.74, 6) is 0.0417. The lowest BCUT2D eigenvalue weighted by atomic mass is 9.96. The lowest BCUT2D eigenvalue weighted by Crippen LogP contribution is -2.43. The highest BCUT2D eigenvalue weighted by Crippen LogP contribution is 2.29. The fourth-order valence-corrected chi connectivity index (χ4v) is 4.27. The van der Waals surface area contributed by atoms with Crippen LogP contribution in [0.25, 0.3) is 21.7 Å². The molecule has 5 heteroatoms. The number of hydrazine groups is 1. The van der Waals surface area contributed by atoms with Gasteiger partial charge in [-0.2, -0.15) is 0 Å². The Morgan fingerprint density at radius 1 is 0.931 bits per heavy atom. The molecule has 4 aromatic rings. The fourth-order valence-electron chi connectivity index (χ4n) is 4.27. The van der Waals surface area contributed by atoms with Gasteiger partial charge in [-0.15, -0.1) is 0 Å². The Bertz CT molecular complexity index is 1160. The second kappa shape index (κ2) is 7.70. The average molecular weight is 384 g/mol. The van der Waals surface area contributed by atoms with Crippen molar-refractivity contribution >= 4 is 27.6 Å². The molecule has 4 N–H and O–H groups in total. The zero-order valence-corrected chi connectivity index (χ0v) is 16.1. The molecule has 2 unspecified atom stereocenters. The van der Waals surface area contributed by atoms with E-state index in [1.807, 2.05) is 18.3 Å². The summed E-state index contributed by atoms with van der Waals surface area (Å²) in [6, 6.07) is 22.8. The Balaban J connectivity index is 1.20. The standard InChI is InChI=1S/C24H24N4O/c29-24(25-13-12-17-15-26-21-11-4-3-9-19(17)21)23-14-22(27-28-23)20-10-5-7-16-6-1-2-8-18(16)20/h1-11,15,22-23,26-28H,12-14H2,(H,25,29). The molecule has 0 saturated carbocycles. The molecule has 5 rings (SSSR count). The first kappa shape index (κ1) is 17.9. The van der Waals surface area contributed by atoms with E-state index < -0.39 is 0 Å². The molecule has 1 saturated heterocycles. The van der Waals surface area contributed by atoms with Gasteiger partial charge in [-0.1, -0.05) is 60.7 Å². The number of amides is 1. The Morgan fingerprint density at radius 3 is 2.66 bits per heavy atom. The summed E-state index contributed by atoms with van der Waals surface area (Å²) in [6.45, 7) is 0.623. The van der Waals surface area contributed by atoms with Crippen molar-refractivity contribution in [2.24, 2.45) is 0 Å². The largest absolute Gasteiger partial charge is 0.361 e. The quantitative estimate of drug-likeness (QED) is 0.425. The van der Waals surface area contributed by atoms with E-state index in [4.69, 9.17) is 0 Å². The van der Waals surface area contributed by atoms with Crippen molar-refractivity contribution in [2.75, 3.05) is 6.54 Å². The number of carbonyl (C=O) groups is 1. The minimum absolute atomic E-state index is 0.0417. The number of carbonyl (C=O) groups excluding carboxylic acids is 1. The predicted molar refractivity (Wildman–Crippen MR) is 116 cm³/mol. The van der Waals surface area contributed by atoms with Crippen LogP contribution >= 0.6 is 0 Å². The van der Waals surface area contributed by atoms with Crippen LogP contribution in [0.15, 0.2) is 72.9 Å². The maximum Gasteiger partial charge on any atom is 0.238 e. The third-order valence-corrected chi connectivity index (χ3v) is 5.79. The van der Waals surface area contributed by atoms with Gasteiger partial charge in [-0.3, -0.25) is 4.79 Å². The molecule has 146 valence electrons. The van der Waals surface area contributed by atoms with E-state index in [2.05, 4.69) is 75.7 Å². The molecular weight excluding hydrogens is 360 g/mol. The number of hydrogen-bond acceptors (Lipinski definition) is 3. The number of aromatic nitrogens is 1. The molecule has 0 bridgehead atoms. The summed E-state index contributed by atoms with van der Waals surface area (Å²) in [5.41, 5.74) is 10.1. The van der Waals surface area contributed by atoms with Crippen LogP contribution in [0.2, 0.25) is 0 Å². The predicted octanol–water partition coefficient (Wildman–Crippen LogP) is 3.59. The summed E-state index contributed by atoms with van der Waals surface area (Å²) in [5, 5.41) is 6.75. The zero-order valence-electron chi connectivity index (χ0n) is 16.1. The van der Waals surface area contributed by atoms with Gasteiger partial charge in [0.2, 0.25) is 5.91 Å². The summed E-state index contributed by atoms with van der Waals surface area (Å²) in [7, 11) is 0. The molecule has 0 spiro atoms. The summed E-state index contributed by atoms with van der Waals surface area (Å²) >= 11 is 0. The fraction of sp³-hybridized carbons (Fsp3) is 0.208. The monoisotopic (exact) mass is 384 g/mol. The van der Waals surface area contributed by atoms with Gasteiger partial charge in [0.25, 0.3) is 0 Å². The van der Waals surface area contributed by atoms with Crippen molar-refractivity contribution in [3.8, 4) is 0 Å². The van der Waals surface area contributed by atoms with Crippen LogP contribution in [0.3, 0.4) is 0 Å². The van der Waals surface area contributed by atoms with Crippen LogP contribution in [0, 0.1) is 0 Å². The van der Waals surface area contributed by atoms with E-state index in [9.17, 15) is 4.79 Å². The molecule has 1 amide bonds. The molecule has 2 heterocycles. The van der Waals surface area contributed by atoms with Crippen molar-refractivity contribution in [1.82, 2.24) is 21.2 Å². The van der Waals surface area contributed by atoms with Crippen molar-refractivity contribution in [3.63, 3.8) is 0 Å². The first-order valence-corrected chi connectivity index (χ1v) is 10.1. The number of benzene rings is 3. The van der Waals surface area contributed by atoms with Crippen LogP contribution in [0.5, 0.6) is 0 Å². The Labute approximate surface area is 169 Å². The van der Waals surface area contributed by atoms with Crippen molar-refractivity contribution < 1.29 is 4.79 Å². The maximum absolute atomic E-state index is 12.7. The number of nitrogens with one attached hydrogen (secondary N) is 4. The molecule has 5 nitrogen and oxygen atoms in total. The second-order valence-corrected chi connectivity index (χ2v) is 7.60. The first-order valence-electron chi connectivity index (χ1n) is 10.1. The van der Waals surface area contributed by atoms with Gasteiger partial charge in [0.05, 0.1) is 0 Å². The molecule has 0 radical (unpaired) electrons. The van der Waals surface area contributed by atoms with Crippen LogP contribution < -0.4 is 16.2 Å². The van der Waals surface area contributed by atoms with E-state index >= 15 is 0 Å². The highest BCUT2D eigenvalue weighted by Gasteiger charge is 2.30. The Kier molecular flexibility index (Phi) is 4.76. The normalized spacial score (nSPS) is 19.0. The lowest BCUT2D eigenvalue weighted by molar-refractivity contribution is -0.122. The van der Waals surface area contributed by atoms with Crippen LogP contribution in [-0.4, -0.2) is 23.5 Å². The third-order valence-electron chi connectivity index (χ3n) is 5.79. The number of rotatable bonds is 5. The molecule has 1 fully saturated rings. The lowest BCUT2D eigenvalue weighted by Gasteiger charge is -2.13. The van der Waals surface area contributed by atoms with Crippen molar-refractivity contribution in [3.05, 3.63) is 84.1 Å². The van der Waals surface area contributed by atoms with Crippen LogP contribution in [-0.2, 0) is 11.2 Å². The van der Waals surface area contributed by atoms with Gasteiger partial charge in [-0.25, -0.2) is 10.9 Å². The van der Waals surface area contributed by atoms with Gasteiger partial charge in [0, 0.05) is 29.7 Å². The van der Waals surface area contributed by atoms with E-state index in [-0.39, 0.29) is 18.0 Å². The molecule has 0 aliphatic carbocycles. The number of fused-ring (bicyclic) bond motifs is 2. The molecular formula is C24H24N4O. The minimum atomic E-state index is -0.234. The summed E-state index contributed by atoms with van der Waals surface area (Å²) in [6.07, 6.45) is 3.57. The summed E-state index contributed by atoms with van der Waals surface area (Å²) in [4.78, 5) is 15.9. The van der Waals surface area contributed by atoms with Gasteiger partial charge < -0.3 is 10.3 Å². The number of para-hydroxylation sites is 1. The van der Waals surface area contributed by atoms with Crippen LogP contribution in [0.4, 0.5) is 0 Å². The zero-order chi connectivity index (χ0) is 19.6. The topological polar surface area (TPSA) is 69.0 Å². The molecule has 1 aliphatic rings. The number of aromatic amines is 1. The van der Waals surface area contributed by atoms with Crippen LogP contribution in [0.1, 0.15) is 23.6 Å². The smallest absolute Gasteiger partial charge is 0.238 e. The maximum atomic E-state index is 12.7. The molecule has 2 atom stereocenters. The second-order valence-electron chi connectivity index (χ2n) is 7.60. The Hall–Kier alpha value is -3.15. The van der Waals surface area contributed by atoms with E-state index in [1.165, 1.54) is 27.3 Å². The van der Waals surface area contributed by atoms with Crippen molar-refractivity contribution in [1.29, 1.82) is 0 Å². The summed E-state index contributed by atoms with van der Waals surface area (Å²) < 4.78 is 0. The molecule has 1 aromatic heterocycles. The SMILES string of the molecule is O=C(NCCc1c[nH]c2ccccc12)C1CC(c2cccc3ccccc23)NN1. The highest BCUT2D eigenvalue weighted by molar-refractivity contribution is 5.87.